The Hall–Kier alpha value is -1.51. The summed E-state index contributed by atoms with van der Waals surface area (Å²) in [6.45, 7) is 8.17. The number of piperidine rings is 1. The normalized spacial score (nSPS) is 25.2. The van der Waals surface area contributed by atoms with Gasteiger partial charge in [0.2, 0.25) is 10.0 Å². The first-order chi connectivity index (χ1) is 13.6. The van der Waals surface area contributed by atoms with Gasteiger partial charge in [-0.25, -0.2) is 8.42 Å². The van der Waals surface area contributed by atoms with Crippen molar-refractivity contribution in [2.24, 2.45) is 11.8 Å². The van der Waals surface area contributed by atoms with Crippen molar-refractivity contribution in [3.05, 3.63) is 23.2 Å². The van der Waals surface area contributed by atoms with Gasteiger partial charge in [0.25, 0.3) is 5.91 Å². The molecule has 0 spiro atoms. The Morgan fingerprint density at radius 2 is 1.93 bits per heavy atom. The largest absolute Gasteiger partial charge is 0.476 e. The number of ether oxygens (including phenoxy) is 1. The quantitative estimate of drug-likeness (QED) is 0.683. The highest BCUT2D eigenvalue weighted by Gasteiger charge is 2.35. The minimum Gasteiger partial charge on any atom is -0.476 e. The van der Waals surface area contributed by atoms with Crippen LogP contribution >= 0.6 is 11.6 Å². The van der Waals surface area contributed by atoms with Gasteiger partial charge in [-0.3, -0.25) is 9.10 Å². The van der Waals surface area contributed by atoms with Crippen molar-refractivity contribution in [2.45, 2.75) is 32.8 Å². The van der Waals surface area contributed by atoms with E-state index < -0.39 is 16.1 Å². The zero-order chi connectivity index (χ0) is 21.2. The molecule has 1 aromatic rings. The fourth-order valence-electron chi connectivity index (χ4n) is 4.28. The van der Waals surface area contributed by atoms with Crippen molar-refractivity contribution in [3.8, 4) is 5.75 Å². The number of fused-ring (bicyclic) bond motifs is 1. The second-order valence-corrected chi connectivity index (χ2v) is 10.7. The molecule has 0 saturated carbocycles. The average molecular weight is 444 g/mol. The molecular weight excluding hydrogens is 414 g/mol. The summed E-state index contributed by atoms with van der Waals surface area (Å²) in [5, 5.41) is 3.30. The Labute approximate surface area is 178 Å². The first-order valence-electron chi connectivity index (χ1n) is 10.1. The van der Waals surface area contributed by atoms with Crippen molar-refractivity contribution in [1.29, 1.82) is 0 Å². The SMILES string of the molecule is C[C@@H]1C[C@H](C)CN(CCCNC(=O)[C@@H]2CN(S(C)(=O)=O)c3cc(Cl)ccc3O2)C1. The third-order valence-electron chi connectivity index (χ3n) is 5.38. The average Bonchev–Trinajstić information content (AvgIpc) is 2.62. The third kappa shape index (κ3) is 5.77. The van der Waals surface area contributed by atoms with Crippen LogP contribution < -0.4 is 14.4 Å². The maximum absolute atomic E-state index is 12.6. The van der Waals surface area contributed by atoms with E-state index in [4.69, 9.17) is 16.3 Å². The Bertz CT molecular complexity index is 838. The molecule has 3 atom stereocenters. The molecule has 0 radical (unpaired) electrons. The number of rotatable bonds is 6. The van der Waals surface area contributed by atoms with Crippen LogP contribution in [0.2, 0.25) is 5.02 Å². The van der Waals surface area contributed by atoms with Crippen molar-refractivity contribution < 1.29 is 17.9 Å². The van der Waals surface area contributed by atoms with Gasteiger partial charge in [-0.05, 0) is 49.4 Å². The van der Waals surface area contributed by atoms with Gasteiger partial charge in [0.1, 0.15) is 5.75 Å². The summed E-state index contributed by atoms with van der Waals surface area (Å²) < 4.78 is 31.4. The van der Waals surface area contributed by atoms with E-state index in [1.54, 1.807) is 12.1 Å². The highest BCUT2D eigenvalue weighted by Crippen LogP contribution is 2.37. The number of hydrogen-bond acceptors (Lipinski definition) is 5. The Morgan fingerprint density at radius 1 is 1.24 bits per heavy atom. The van der Waals surface area contributed by atoms with Crippen molar-refractivity contribution in [1.82, 2.24) is 10.2 Å². The molecule has 2 aliphatic rings. The van der Waals surface area contributed by atoms with Crippen LogP contribution in [-0.2, 0) is 14.8 Å². The van der Waals surface area contributed by atoms with Crippen LogP contribution in [0.5, 0.6) is 5.75 Å². The van der Waals surface area contributed by atoms with Gasteiger partial charge in [0, 0.05) is 24.7 Å². The molecule has 1 N–H and O–H groups in total. The second kappa shape index (κ2) is 9.10. The van der Waals surface area contributed by atoms with E-state index in [0.717, 1.165) is 32.3 Å². The Kier molecular flexibility index (Phi) is 6.96. The highest BCUT2D eigenvalue weighted by atomic mass is 35.5. The minimum atomic E-state index is -3.56. The van der Waals surface area contributed by atoms with Crippen LogP contribution in [0, 0.1) is 11.8 Å². The lowest BCUT2D eigenvalue weighted by Crippen LogP contribution is -2.50. The number of carbonyl (C=O) groups is 1. The second-order valence-electron chi connectivity index (χ2n) is 8.36. The van der Waals surface area contributed by atoms with Crippen molar-refractivity contribution in [2.75, 3.05) is 43.3 Å². The number of nitrogens with zero attached hydrogens (tertiary/aromatic N) is 2. The van der Waals surface area contributed by atoms with Gasteiger partial charge in [0.15, 0.2) is 6.10 Å². The summed E-state index contributed by atoms with van der Waals surface area (Å²) in [5.41, 5.74) is 0.359. The van der Waals surface area contributed by atoms with E-state index in [2.05, 4.69) is 24.1 Å². The summed E-state index contributed by atoms with van der Waals surface area (Å²) in [7, 11) is -3.56. The molecule has 1 saturated heterocycles. The van der Waals surface area contributed by atoms with Crippen LogP contribution in [0.4, 0.5) is 5.69 Å². The number of carbonyl (C=O) groups excluding carboxylic acids is 1. The van der Waals surface area contributed by atoms with E-state index in [1.165, 1.54) is 16.8 Å². The monoisotopic (exact) mass is 443 g/mol. The van der Waals surface area contributed by atoms with Gasteiger partial charge >= 0.3 is 0 Å². The number of sulfonamides is 1. The maximum atomic E-state index is 12.6. The molecule has 29 heavy (non-hydrogen) atoms. The summed E-state index contributed by atoms with van der Waals surface area (Å²) in [6, 6.07) is 4.74. The lowest BCUT2D eigenvalue weighted by Gasteiger charge is -2.35. The van der Waals surface area contributed by atoms with Gasteiger partial charge in [-0.2, -0.15) is 0 Å². The van der Waals surface area contributed by atoms with Crippen LogP contribution in [0.1, 0.15) is 26.7 Å². The van der Waals surface area contributed by atoms with Gasteiger partial charge < -0.3 is 15.0 Å². The lowest BCUT2D eigenvalue weighted by molar-refractivity contribution is -0.127. The lowest BCUT2D eigenvalue weighted by atomic mass is 9.92. The number of amides is 1. The Balaban J connectivity index is 1.55. The predicted molar refractivity (Wildman–Crippen MR) is 115 cm³/mol. The number of halogens is 1. The first kappa shape index (κ1) is 22.2. The summed E-state index contributed by atoms with van der Waals surface area (Å²) >= 11 is 6.00. The van der Waals surface area contributed by atoms with Gasteiger partial charge in [0.05, 0.1) is 18.5 Å². The fraction of sp³-hybridized carbons (Fsp3) is 0.650. The molecule has 1 fully saturated rings. The van der Waals surface area contributed by atoms with E-state index in [0.29, 0.717) is 34.8 Å². The first-order valence-corrected chi connectivity index (χ1v) is 12.3. The van der Waals surface area contributed by atoms with Crippen LogP contribution in [-0.4, -0.2) is 64.3 Å². The zero-order valence-electron chi connectivity index (χ0n) is 17.2. The minimum absolute atomic E-state index is 0.0703. The molecule has 3 rings (SSSR count). The van der Waals surface area contributed by atoms with Crippen LogP contribution in [0.25, 0.3) is 0 Å². The van der Waals surface area contributed by atoms with Gasteiger partial charge in [-0.1, -0.05) is 25.4 Å². The third-order valence-corrected chi connectivity index (χ3v) is 6.76. The van der Waals surface area contributed by atoms with Gasteiger partial charge in [-0.15, -0.1) is 0 Å². The molecule has 0 aliphatic carbocycles. The smallest absolute Gasteiger partial charge is 0.263 e. The predicted octanol–water partition coefficient (Wildman–Crippen LogP) is 2.35. The molecule has 162 valence electrons. The number of benzene rings is 1. The van der Waals surface area contributed by atoms with E-state index >= 15 is 0 Å². The summed E-state index contributed by atoms with van der Waals surface area (Å²) in [4.78, 5) is 15.1. The zero-order valence-corrected chi connectivity index (χ0v) is 18.8. The molecule has 1 aromatic carbocycles. The van der Waals surface area contributed by atoms with E-state index in [1.807, 2.05) is 0 Å². The number of hydrogen-bond donors (Lipinski definition) is 1. The van der Waals surface area contributed by atoms with Crippen molar-refractivity contribution >= 4 is 33.2 Å². The summed E-state index contributed by atoms with van der Waals surface area (Å²) in [5.74, 6) is 1.45. The van der Waals surface area contributed by atoms with Crippen LogP contribution in [0.3, 0.4) is 0 Å². The molecule has 0 aromatic heterocycles. The number of nitrogens with one attached hydrogen (secondary N) is 1. The fourth-order valence-corrected chi connectivity index (χ4v) is 5.35. The molecular formula is C20H30ClN3O4S. The summed E-state index contributed by atoms with van der Waals surface area (Å²) in [6.07, 6.45) is 2.34. The molecule has 0 bridgehead atoms. The molecule has 9 heteroatoms. The molecule has 0 unspecified atom stereocenters. The molecule has 7 nitrogen and oxygen atoms in total. The molecule has 2 aliphatic heterocycles. The highest BCUT2D eigenvalue weighted by molar-refractivity contribution is 7.92. The van der Waals surface area contributed by atoms with Crippen LogP contribution in [0.15, 0.2) is 18.2 Å². The van der Waals surface area contributed by atoms with E-state index in [-0.39, 0.29) is 12.5 Å². The van der Waals surface area contributed by atoms with E-state index in [9.17, 15) is 13.2 Å². The topological polar surface area (TPSA) is 79.0 Å². The Morgan fingerprint density at radius 3 is 2.59 bits per heavy atom. The number of likely N-dealkylation sites (tertiary alicyclic amines) is 1. The standard InChI is InChI=1S/C20H30ClN3O4S/c1-14-9-15(2)12-23(11-14)8-4-7-22-20(25)19-13-24(29(3,26)27)17-10-16(21)5-6-18(17)28-19/h5-6,10,14-15,19H,4,7-9,11-13H2,1-3H3,(H,22,25)/t14-,15+,19-/m0/s1. The number of anilines is 1. The molecule has 2 heterocycles. The van der Waals surface area contributed by atoms with Crippen molar-refractivity contribution in [3.63, 3.8) is 0 Å². The molecule has 1 amide bonds. The maximum Gasteiger partial charge on any atom is 0.263 e.